The molecule has 2 fully saturated rings. The first-order chi connectivity index (χ1) is 18.8. The molecule has 0 radical (unpaired) electrons. The van der Waals surface area contributed by atoms with E-state index in [2.05, 4.69) is 9.98 Å². The quantitative estimate of drug-likeness (QED) is 0.155. The molecule has 0 saturated carbocycles. The van der Waals surface area contributed by atoms with Crippen LogP contribution < -0.4 is 9.47 Å². The van der Waals surface area contributed by atoms with E-state index in [0.717, 1.165) is 47.2 Å². The molecule has 0 spiro atoms. The minimum atomic E-state index is 0.283. The summed E-state index contributed by atoms with van der Waals surface area (Å²) >= 11 is 0. The van der Waals surface area contributed by atoms with E-state index < -0.39 is 0 Å². The lowest BCUT2D eigenvalue weighted by molar-refractivity contribution is 0.0878. The van der Waals surface area contributed by atoms with E-state index in [4.69, 9.17) is 28.4 Å². The van der Waals surface area contributed by atoms with Gasteiger partial charge in [-0.25, -0.2) is 0 Å². The summed E-state index contributed by atoms with van der Waals surface area (Å²) in [4.78, 5) is 9.11. The van der Waals surface area contributed by atoms with Gasteiger partial charge in [0.05, 0.1) is 51.0 Å². The summed E-state index contributed by atoms with van der Waals surface area (Å²) in [6, 6.07) is 23.4. The number of rotatable bonds is 16. The van der Waals surface area contributed by atoms with Crippen molar-refractivity contribution in [2.45, 2.75) is 12.2 Å². The fraction of sp³-hybridized carbons (Fsp3) is 0.333. The standard InChI is InChI=1S/C30H32N2O6/c1-9-27(35-15-13-33-19-29-21-37-29)10-2-23(1)17-31-25-5-7-26(8-6-25)32-18-24-3-11-28(12-4-24)36-16-14-34-20-30-22-38-30/h1-12,17-18,29-30H,13-16,19-22H2. The minimum absolute atomic E-state index is 0.283. The number of aliphatic imine (C=N–C) groups is 2. The van der Waals surface area contributed by atoms with Crippen molar-refractivity contribution in [3.05, 3.63) is 83.9 Å². The highest BCUT2D eigenvalue weighted by atomic mass is 16.6. The summed E-state index contributed by atoms with van der Waals surface area (Å²) < 4.78 is 32.5. The molecule has 5 rings (SSSR count). The van der Waals surface area contributed by atoms with Gasteiger partial charge in [0.1, 0.15) is 36.9 Å². The molecule has 0 bridgehead atoms. The lowest BCUT2D eigenvalue weighted by Crippen LogP contribution is -2.10. The number of benzene rings is 3. The molecule has 3 aromatic carbocycles. The molecule has 38 heavy (non-hydrogen) atoms. The molecule has 3 aromatic rings. The van der Waals surface area contributed by atoms with Crippen LogP contribution in [-0.4, -0.2) is 77.5 Å². The molecule has 8 heteroatoms. The molecule has 2 saturated heterocycles. The summed E-state index contributed by atoms with van der Waals surface area (Å²) in [7, 11) is 0. The van der Waals surface area contributed by atoms with Crippen molar-refractivity contribution in [1.29, 1.82) is 0 Å². The Morgan fingerprint density at radius 2 is 0.974 bits per heavy atom. The molecule has 2 aliphatic heterocycles. The highest BCUT2D eigenvalue weighted by molar-refractivity contribution is 5.83. The van der Waals surface area contributed by atoms with E-state index in [9.17, 15) is 0 Å². The third kappa shape index (κ3) is 9.39. The van der Waals surface area contributed by atoms with Gasteiger partial charge >= 0.3 is 0 Å². The van der Waals surface area contributed by atoms with E-state index in [1.54, 1.807) is 0 Å². The molecule has 0 aromatic heterocycles. The molecule has 198 valence electrons. The maximum Gasteiger partial charge on any atom is 0.119 e. The maximum absolute atomic E-state index is 5.69. The van der Waals surface area contributed by atoms with Crippen molar-refractivity contribution in [3.8, 4) is 11.5 Å². The second-order valence-electron chi connectivity index (χ2n) is 8.93. The third-order valence-corrected chi connectivity index (χ3v) is 5.74. The molecule has 0 N–H and O–H groups in total. The molecule has 2 unspecified atom stereocenters. The van der Waals surface area contributed by atoms with E-state index in [1.165, 1.54) is 0 Å². The summed E-state index contributed by atoms with van der Waals surface area (Å²) in [5.74, 6) is 1.62. The van der Waals surface area contributed by atoms with Crippen LogP contribution in [-0.2, 0) is 18.9 Å². The molecular weight excluding hydrogens is 484 g/mol. The first-order valence-electron chi connectivity index (χ1n) is 12.8. The normalized spacial score (nSPS) is 18.2. The van der Waals surface area contributed by atoms with Crippen LogP contribution in [0.4, 0.5) is 11.4 Å². The monoisotopic (exact) mass is 516 g/mol. The van der Waals surface area contributed by atoms with Crippen LogP contribution in [0.5, 0.6) is 11.5 Å². The highest BCUT2D eigenvalue weighted by Crippen LogP contribution is 2.20. The molecule has 2 atom stereocenters. The third-order valence-electron chi connectivity index (χ3n) is 5.74. The Morgan fingerprint density at radius 1 is 0.579 bits per heavy atom. The maximum atomic E-state index is 5.69. The van der Waals surface area contributed by atoms with Crippen molar-refractivity contribution < 1.29 is 28.4 Å². The van der Waals surface area contributed by atoms with Crippen LogP contribution in [0.3, 0.4) is 0 Å². The highest BCUT2D eigenvalue weighted by Gasteiger charge is 2.22. The Labute approximate surface area is 222 Å². The van der Waals surface area contributed by atoms with Gasteiger partial charge in [-0.2, -0.15) is 0 Å². The second kappa shape index (κ2) is 13.8. The molecule has 2 aliphatic rings. The predicted molar refractivity (Wildman–Crippen MR) is 146 cm³/mol. The topological polar surface area (TPSA) is 86.7 Å². The van der Waals surface area contributed by atoms with E-state index in [-0.39, 0.29) is 12.2 Å². The Balaban J connectivity index is 1.02. The van der Waals surface area contributed by atoms with Crippen molar-refractivity contribution in [1.82, 2.24) is 0 Å². The lowest BCUT2D eigenvalue weighted by Gasteiger charge is -2.06. The van der Waals surface area contributed by atoms with Crippen LogP contribution in [0, 0.1) is 0 Å². The number of hydrogen-bond donors (Lipinski definition) is 0. The van der Waals surface area contributed by atoms with Crippen molar-refractivity contribution in [2.24, 2.45) is 9.98 Å². The molecule has 8 nitrogen and oxygen atoms in total. The van der Waals surface area contributed by atoms with Gasteiger partial charge in [-0.05, 0) is 83.9 Å². The Kier molecular flexibility index (Phi) is 9.49. The van der Waals surface area contributed by atoms with Gasteiger partial charge in [-0.3, -0.25) is 9.98 Å². The average Bonchev–Trinajstić information content (AvgIpc) is 3.89. The Bertz CT molecular complexity index is 1080. The van der Waals surface area contributed by atoms with Gasteiger partial charge in [0.15, 0.2) is 0 Å². The van der Waals surface area contributed by atoms with E-state index in [0.29, 0.717) is 39.6 Å². The smallest absolute Gasteiger partial charge is 0.119 e. The Hall–Kier alpha value is -3.56. The molecule has 0 aliphatic carbocycles. The van der Waals surface area contributed by atoms with Gasteiger partial charge in [0, 0.05) is 12.4 Å². The average molecular weight is 517 g/mol. The van der Waals surface area contributed by atoms with Crippen LogP contribution in [0.25, 0.3) is 0 Å². The number of hydrogen-bond acceptors (Lipinski definition) is 8. The predicted octanol–water partition coefficient (Wildman–Crippen LogP) is 4.78. The van der Waals surface area contributed by atoms with Crippen molar-refractivity contribution in [3.63, 3.8) is 0 Å². The minimum Gasteiger partial charge on any atom is -0.491 e. The first kappa shape index (κ1) is 26.1. The summed E-state index contributed by atoms with van der Waals surface area (Å²) in [6.45, 7) is 5.04. The zero-order valence-corrected chi connectivity index (χ0v) is 21.2. The summed E-state index contributed by atoms with van der Waals surface area (Å²) in [6.07, 6.45) is 4.23. The number of ether oxygens (including phenoxy) is 6. The zero-order chi connectivity index (χ0) is 25.8. The second-order valence-corrected chi connectivity index (χ2v) is 8.93. The van der Waals surface area contributed by atoms with Crippen LogP contribution >= 0.6 is 0 Å². The van der Waals surface area contributed by atoms with E-state index >= 15 is 0 Å². The zero-order valence-electron chi connectivity index (χ0n) is 21.2. The lowest BCUT2D eigenvalue weighted by atomic mass is 10.2. The Morgan fingerprint density at radius 3 is 1.34 bits per heavy atom. The van der Waals surface area contributed by atoms with Gasteiger partial charge in [-0.15, -0.1) is 0 Å². The van der Waals surface area contributed by atoms with Gasteiger partial charge < -0.3 is 28.4 Å². The molecule has 2 heterocycles. The van der Waals surface area contributed by atoms with Crippen LogP contribution in [0.1, 0.15) is 11.1 Å². The van der Waals surface area contributed by atoms with Gasteiger partial charge in [-0.1, -0.05) is 0 Å². The SMILES string of the molecule is C(=Nc1ccc(N=Cc2ccc(OCCOCC3CO3)cc2)cc1)c1ccc(OCCOCC2CO2)cc1. The fourth-order valence-electron chi connectivity index (χ4n) is 3.42. The first-order valence-corrected chi connectivity index (χ1v) is 12.8. The molecule has 0 amide bonds. The molecular formula is C30H32N2O6. The fourth-order valence-corrected chi connectivity index (χ4v) is 3.42. The van der Waals surface area contributed by atoms with Crippen molar-refractivity contribution in [2.75, 3.05) is 52.9 Å². The van der Waals surface area contributed by atoms with Crippen LogP contribution in [0.2, 0.25) is 0 Å². The van der Waals surface area contributed by atoms with Gasteiger partial charge in [0.25, 0.3) is 0 Å². The largest absolute Gasteiger partial charge is 0.491 e. The number of epoxide rings is 2. The van der Waals surface area contributed by atoms with Crippen molar-refractivity contribution >= 4 is 23.8 Å². The summed E-state index contributed by atoms with van der Waals surface area (Å²) in [5.41, 5.74) is 3.70. The van der Waals surface area contributed by atoms with Crippen LogP contribution in [0.15, 0.2) is 82.8 Å². The van der Waals surface area contributed by atoms with Gasteiger partial charge in [0.2, 0.25) is 0 Å². The number of nitrogens with zero attached hydrogens (tertiary/aromatic N) is 2. The van der Waals surface area contributed by atoms with E-state index in [1.807, 2.05) is 85.2 Å². The summed E-state index contributed by atoms with van der Waals surface area (Å²) in [5, 5.41) is 0.